The van der Waals surface area contributed by atoms with E-state index in [4.69, 9.17) is 14.2 Å². The summed E-state index contributed by atoms with van der Waals surface area (Å²) in [4.78, 5) is 18.9. The molecule has 1 aliphatic heterocycles. The molecule has 0 saturated carbocycles. The van der Waals surface area contributed by atoms with E-state index in [1.165, 1.54) is 0 Å². The zero-order valence-electron chi connectivity index (χ0n) is 17.7. The average molecular weight is 422 g/mol. The summed E-state index contributed by atoms with van der Waals surface area (Å²) in [6, 6.07) is 14.9. The summed E-state index contributed by atoms with van der Waals surface area (Å²) in [5.41, 5.74) is 1.59. The highest BCUT2D eigenvalue weighted by Crippen LogP contribution is 2.28. The molecule has 0 aliphatic carbocycles. The Kier molecular flexibility index (Phi) is 6.23. The van der Waals surface area contributed by atoms with Gasteiger partial charge < -0.3 is 24.2 Å². The van der Waals surface area contributed by atoms with Crippen molar-refractivity contribution in [2.75, 3.05) is 27.3 Å². The monoisotopic (exact) mass is 422 g/mol. The molecule has 1 N–H and O–H groups in total. The fraction of sp³-hybridized carbons (Fsp3) is 0.333. The lowest BCUT2D eigenvalue weighted by Crippen LogP contribution is -2.51. The first-order chi connectivity index (χ1) is 15.1. The number of likely N-dealkylation sites (tertiary alicyclic amines) is 1. The number of piperidine rings is 1. The zero-order chi connectivity index (χ0) is 21.8. The van der Waals surface area contributed by atoms with Crippen molar-refractivity contribution in [1.29, 1.82) is 0 Å². The Balaban J connectivity index is 1.42. The van der Waals surface area contributed by atoms with Crippen molar-refractivity contribution in [3.8, 4) is 17.2 Å². The second-order valence-corrected chi connectivity index (χ2v) is 7.53. The van der Waals surface area contributed by atoms with Gasteiger partial charge in [-0.05, 0) is 42.5 Å². The fourth-order valence-electron chi connectivity index (χ4n) is 3.91. The van der Waals surface area contributed by atoms with Crippen molar-refractivity contribution in [3.05, 3.63) is 60.3 Å². The first-order valence-electron chi connectivity index (χ1n) is 10.3. The highest BCUT2D eigenvalue weighted by molar-refractivity contribution is 5.84. The topological polar surface area (TPSA) is 81.1 Å². The number of benzene rings is 2. The number of aromatic nitrogens is 1. The van der Waals surface area contributed by atoms with Crippen molar-refractivity contribution in [1.82, 2.24) is 9.88 Å². The summed E-state index contributed by atoms with van der Waals surface area (Å²) >= 11 is 0. The van der Waals surface area contributed by atoms with E-state index >= 15 is 0 Å². The van der Waals surface area contributed by atoms with Crippen molar-refractivity contribution < 1.29 is 24.1 Å². The molecule has 31 heavy (non-hydrogen) atoms. The van der Waals surface area contributed by atoms with Crippen molar-refractivity contribution in [2.24, 2.45) is 0 Å². The maximum atomic E-state index is 12.9. The number of aliphatic hydroxyl groups excluding tert-OH is 1. The van der Waals surface area contributed by atoms with Crippen molar-refractivity contribution in [2.45, 2.75) is 25.0 Å². The van der Waals surface area contributed by atoms with Crippen LogP contribution < -0.4 is 14.2 Å². The third-order valence-electron chi connectivity index (χ3n) is 5.59. The van der Waals surface area contributed by atoms with E-state index in [9.17, 15) is 9.90 Å². The number of ether oxygens (including phenoxy) is 3. The van der Waals surface area contributed by atoms with E-state index in [0.717, 1.165) is 16.5 Å². The summed E-state index contributed by atoms with van der Waals surface area (Å²) in [6.45, 7) is 0.731. The molecule has 0 bridgehead atoms. The molecule has 1 saturated heterocycles. The minimum absolute atomic E-state index is 0.0709. The van der Waals surface area contributed by atoms with E-state index in [0.29, 0.717) is 30.2 Å². The molecular formula is C24H26N2O5. The standard InChI is InChI=1S/C24H26N2O5/c1-29-17-8-9-21(30-2)16(13-17)14-24(28)26-12-10-23(20(27)15-26)31-22-7-3-6-19-18(22)5-4-11-25-19/h3-9,11,13,20,23,27H,10,12,14-15H2,1-2H3/t20-,23-/m1/s1. The lowest BCUT2D eigenvalue weighted by Gasteiger charge is -2.36. The number of hydrogen-bond acceptors (Lipinski definition) is 6. The van der Waals surface area contributed by atoms with E-state index in [2.05, 4.69) is 4.98 Å². The largest absolute Gasteiger partial charge is 0.497 e. The molecule has 3 aromatic rings. The van der Waals surface area contributed by atoms with Crippen LogP contribution in [-0.2, 0) is 11.2 Å². The molecule has 7 nitrogen and oxygen atoms in total. The fourth-order valence-corrected chi connectivity index (χ4v) is 3.91. The molecule has 1 aromatic heterocycles. The van der Waals surface area contributed by atoms with Gasteiger partial charge in [-0.1, -0.05) is 6.07 Å². The first-order valence-corrected chi connectivity index (χ1v) is 10.3. The molecular weight excluding hydrogens is 396 g/mol. The number of rotatable bonds is 6. The summed E-state index contributed by atoms with van der Waals surface area (Å²) < 4.78 is 16.8. The number of hydrogen-bond donors (Lipinski definition) is 1. The van der Waals surface area contributed by atoms with Crippen LogP contribution in [0.2, 0.25) is 0 Å². The highest BCUT2D eigenvalue weighted by Gasteiger charge is 2.32. The SMILES string of the molecule is COc1ccc(OC)c(CC(=O)N2CC[C@@H](Oc3cccc4ncccc34)[C@H](O)C2)c1. The van der Waals surface area contributed by atoms with E-state index in [1.54, 1.807) is 43.5 Å². The summed E-state index contributed by atoms with van der Waals surface area (Å²) in [7, 11) is 3.16. The molecule has 7 heteroatoms. The molecule has 2 atom stereocenters. The third kappa shape index (κ3) is 4.56. The number of carbonyl (C=O) groups excluding carboxylic acids is 1. The van der Waals surface area contributed by atoms with Crippen molar-refractivity contribution in [3.63, 3.8) is 0 Å². The van der Waals surface area contributed by atoms with E-state index in [-0.39, 0.29) is 25.0 Å². The Labute approximate surface area is 181 Å². The second kappa shape index (κ2) is 9.22. The predicted octanol–water partition coefficient (Wildman–Crippen LogP) is 2.84. The normalized spacial score (nSPS) is 18.6. The maximum Gasteiger partial charge on any atom is 0.227 e. The first kappa shape index (κ1) is 20.9. The minimum atomic E-state index is -0.781. The second-order valence-electron chi connectivity index (χ2n) is 7.53. The quantitative estimate of drug-likeness (QED) is 0.658. The van der Waals surface area contributed by atoms with Gasteiger partial charge in [0, 0.05) is 30.1 Å². The van der Waals surface area contributed by atoms with Crippen LogP contribution in [-0.4, -0.2) is 60.4 Å². The van der Waals surface area contributed by atoms with Gasteiger partial charge in [0.15, 0.2) is 0 Å². The number of β-amino-alcohol motifs (C(OH)–C–C–N with tert-alkyl or cyclic N) is 1. The Morgan fingerprint density at radius 1 is 1.13 bits per heavy atom. The zero-order valence-corrected chi connectivity index (χ0v) is 17.7. The summed E-state index contributed by atoms with van der Waals surface area (Å²) in [6.07, 6.45) is 1.28. The van der Waals surface area contributed by atoms with Gasteiger partial charge in [-0.3, -0.25) is 9.78 Å². The number of nitrogens with zero attached hydrogens (tertiary/aromatic N) is 2. The van der Waals surface area contributed by atoms with Crippen LogP contribution in [0.15, 0.2) is 54.7 Å². The van der Waals surface area contributed by atoms with Crippen LogP contribution in [0.1, 0.15) is 12.0 Å². The number of pyridine rings is 1. The smallest absolute Gasteiger partial charge is 0.227 e. The van der Waals surface area contributed by atoms with Crippen LogP contribution in [0.3, 0.4) is 0 Å². The van der Waals surface area contributed by atoms with Crippen LogP contribution in [0.25, 0.3) is 10.9 Å². The van der Waals surface area contributed by atoms with Gasteiger partial charge in [0.1, 0.15) is 29.5 Å². The number of fused-ring (bicyclic) bond motifs is 1. The van der Waals surface area contributed by atoms with Crippen LogP contribution in [0.5, 0.6) is 17.2 Å². The molecule has 0 radical (unpaired) electrons. The lowest BCUT2D eigenvalue weighted by atomic mass is 10.0. The average Bonchev–Trinajstić information content (AvgIpc) is 2.80. The van der Waals surface area contributed by atoms with Gasteiger partial charge in [0.2, 0.25) is 5.91 Å². The maximum absolute atomic E-state index is 12.9. The summed E-state index contributed by atoms with van der Waals surface area (Å²) in [5, 5.41) is 11.6. The predicted molar refractivity (Wildman–Crippen MR) is 117 cm³/mol. The van der Waals surface area contributed by atoms with Gasteiger partial charge >= 0.3 is 0 Å². The number of carbonyl (C=O) groups is 1. The van der Waals surface area contributed by atoms with E-state index < -0.39 is 6.10 Å². The molecule has 162 valence electrons. The van der Waals surface area contributed by atoms with Gasteiger partial charge in [-0.15, -0.1) is 0 Å². The van der Waals surface area contributed by atoms with Gasteiger partial charge in [0.25, 0.3) is 0 Å². The Hall–Kier alpha value is -3.32. The minimum Gasteiger partial charge on any atom is -0.497 e. The van der Waals surface area contributed by atoms with Gasteiger partial charge in [0.05, 0.1) is 32.7 Å². The van der Waals surface area contributed by atoms with Gasteiger partial charge in [-0.25, -0.2) is 0 Å². The Morgan fingerprint density at radius 2 is 2.00 bits per heavy atom. The Morgan fingerprint density at radius 3 is 2.77 bits per heavy atom. The van der Waals surface area contributed by atoms with Crippen LogP contribution in [0, 0.1) is 0 Å². The lowest BCUT2D eigenvalue weighted by molar-refractivity contribution is -0.136. The van der Waals surface area contributed by atoms with Crippen LogP contribution >= 0.6 is 0 Å². The highest BCUT2D eigenvalue weighted by atomic mass is 16.5. The molecule has 0 unspecified atom stereocenters. The third-order valence-corrected chi connectivity index (χ3v) is 5.59. The molecule has 2 aromatic carbocycles. The molecule has 1 aliphatic rings. The molecule has 1 amide bonds. The molecule has 2 heterocycles. The number of amides is 1. The van der Waals surface area contributed by atoms with E-state index in [1.807, 2.05) is 30.3 Å². The molecule has 0 spiro atoms. The van der Waals surface area contributed by atoms with Crippen molar-refractivity contribution >= 4 is 16.8 Å². The number of aliphatic hydroxyl groups is 1. The molecule has 4 rings (SSSR count). The van der Waals surface area contributed by atoms with Gasteiger partial charge in [-0.2, -0.15) is 0 Å². The Bertz CT molecular complexity index is 1070. The molecule has 1 fully saturated rings. The van der Waals surface area contributed by atoms with Crippen LogP contribution in [0.4, 0.5) is 0 Å². The number of methoxy groups -OCH3 is 2. The summed E-state index contributed by atoms with van der Waals surface area (Å²) in [5.74, 6) is 1.92.